The first-order chi connectivity index (χ1) is 10.6. The fourth-order valence-electron chi connectivity index (χ4n) is 3.57. The Balaban J connectivity index is 2.04. The summed E-state index contributed by atoms with van der Waals surface area (Å²) in [5, 5.41) is 8.85. The first-order valence-electron chi connectivity index (χ1n) is 8.63. The Hall–Kier alpha value is -0.940. The number of rotatable bonds is 8. The number of hydrazine groups is 1. The van der Waals surface area contributed by atoms with Crippen LogP contribution in [0.2, 0.25) is 0 Å². The van der Waals surface area contributed by atoms with E-state index in [1.54, 1.807) is 0 Å². The van der Waals surface area contributed by atoms with Crippen molar-refractivity contribution in [2.45, 2.75) is 38.9 Å². The molecule has 124 valence electrons. The monoisotopic (exact) mass is 304 g/mol. The van der Waals surface area contributed by atoms with Crippen molar-refractivity contribution in [1.82, 2.24) is 20.2 Å². The van der Waals surface area contributed by atoms with Crippen LogP contribution in [-0.4, -0.2) is 61.0 Å². The highest BCUT2D eigenvalue weighted by molar-refractivity contribution is 5.15. The van der Waals surface area contributed by atoms with Gasteiger partial charge in [0.15, 0.2) is 0 Å². The summed E-state index contributed by atoms with van der Waals surface area (Å²) in [5.41, 5.74) is 1.40. The van der Waals surface area contributed by atoms with E-state index in [1.165, 1.54) is 18.4 Å². The summed E-state index contributed by atoms with van der Waals surface area (Å²) < 4.78 is 0. The molecule has 1 saturated heterocycles. The molecule has 1 fully saturated rings. The Morgan fingerprint density at radius 2 is 1.82 bits per heavy atom. The van der Waals surface area contributed by atoms with E-state index in [0.717, 1.165) is 32.6 Å². The average Bonchev–Trinajstić information content (AvgIpc) is 2.95. The maximum atomic E-state index is 3.85. The van der Waals surface area contributed by atoms with Crippen molar-refractivity contribution in [3.8, 4) is 0 Å². The molecule has 1 aromatic carbocycles. The van der Waals surface area contributed by atoms with E-state index in [2.05, 4.69) is 78.5 Å². The van der Waals surface area contributed by atoms with Crippen LogP contribution < -0.4 is 5.32 Å². The van der Waals surface area contributed by atoms with Crippen LogP contribution in [0.3, 0.4) is 0 Å². The maximum Gasteiger partial charge on any atom is 0.140 e. The van der Waals surface area contributed by atoms with Gasteiger partial charge in [-0.15, -0.1) is 0 Å². The largest absolute Gasteiger partial charge is 0.285 e. The topological polar surface area (TPSA) is 21.8 Å². The van der Waals surface area contributed by atoms with Crippen LogP contribution in [0.4, 0.5) is 0 Å². The van der Waals surface area contributed by atoms with Gasteiger partial charge in [-0.3, -0.25) is 10.2 Å². The summed E-state index contributed by atoms with van der Waals surface area (Å²) in [6.07, 6.45) is 3.49. The lowest BCUT2D eigenvalue weighted by Gasteiger charge is -2.48. The number of benzene rings is 1. The van der Waals surface area contributed by atoms with E-state index in [9.17, 15) is 0 Å². The molecular formula is C18H32N4. The molecule has 0 aromatic heterocycles. The third-order valence-electron chi connectivity index (χ3n) is 4.80. The first kappa shape index (κ1) is 17.4. The summed E-state index contributed by atoms with van der Waals surface area (Å²) in [7, 11) is 4.38. The molecule has 4 heteroatoms. The van der Waals surface area contributed by atoms with Crippen molar-refractivity contribution in [3.63, 3.8) is 0 Å². The van der Waals surface area contributed by atoms with Crippen LogP contribution in [-0.2, 0) is 6.42 Å². The minimum atomic E-state index is -0.0409. The summed E-state index contributed by atoms with van der Waals surface area (Å²) in [6, 6.07) is 10.7. The van der Waals surface area contributed by atoms with Gasteiger partial charge in [0, 0.05) is 26.2 Å². The minimum absolute atomic E-state index is 0.0409. The predicted molar refractivity (Wildman–Crippen MR) is 93.4 cm³/mol. The minimum Gasteiger partial charge on any atom is -0.285 e. The molecule has 1 heterocycles. The van der Waals surface area contributed by atoms with Gasteiger partial charge in [-0.1, -0.05) is 44.2 Å². The molecule has 1 aliphatic rings. The van der Waals surface area contributed by atoms with E-state index < -0.39 is 0 Å². The molecule has 0 spiro atoms. The smallest absolute Gasteiger partial charge is 0.140 e. The molecule has 0 bridgehead atoms. The van der Waals surface area contributed by atoms with Gasteiger partial charge in [-0.05, 0) is 38.9 Å². The van der Waals surface area contributed by atoms with Crippen LogP contribution in [0, 0.1) is 0 Å². The molecule has 1 N–H and O–H groups in total. The quantitative estimate of drug-likeness (QED) is 0.744. The highest BCUT2D eigenvalue weighted by Gasteiger charge is 2.44. The van der Waals surface area contributed by atoms with Gasteiger partial charge < -0.3 is 0 Å². The van der Waals surface area contributed by atoms with Crippen molar-refractivity contribution in [3.05, 3.63) is 35.9 Å². The summed E-state index contributed by atoms with van der Waals surface area (Å²) in [6.45, 7) is 8.75. The SMILES string of the molecule is CCN(CC)N1CCCC1(NCCc1ccccc1)N(C)C. The van der Waals surface area contributed by atoms with Gasteiger partial charge >= 0.3 is 0 Å². The van der Waals surface area contributed by atoms with Gasteiger partial charge in [0.05, 0.1) is 0 Å². The van der Waals surface area contributed by atoms with Crippen molar-refractivity contribution in [2.75, 3.05) is 40.3 Å². The molecular weight excluding hydrogens is 272 g/mol. The lowest BCUT2D eigenvalue weighted by Crippen LogP contribution is -2.68. The highest BCUT2D eigenvalue weighted by Crippen LogP contribution is 2.30. The molecule has 22 heavy (non-hydrogen) atoms. The molecule has 1 aromatic rings. The zero-order chi connectivity index (χ0) is 16.0. The molecule has 2 rings (SSSR count). The molecule has 0 amide bonds. The Labute approximate surface area is 136 Å². The van der Waals surface area contributed by atoms with Crippen LogP contribution in [0.25, 0.3) is 0 Å². The van der Waals surface area contributed by atoms with Gasteiger partial charge in [0.1, 0.15) is 5.79 Å². The van der Waals surface area contributed by atoms with Gasteiger partial charge in [-0.25, -0.2) is 10.0 Å². The summed E-state index contributed by atoms with van der Waals surface area (Å²) in [5.74, 6) is -0.0409. The molecule has 0 radical (unpaired) electrons. The van der Waals surface area contributed by atoms with Crippen LogP contribution in [0.1, 0.15) is 32.3 Å². The number of nitrogens with one attached hydrogen (secondary N) is 1. The van der Waals surface area contributed by atoms with Gasteiger partial charge in [-0.2, -0.15) is 0 Å². The van der Waals surface area contributed by atoms with E-state index >= 15 is 0 Å². The van der Waals surface area contributed by atoms with E-state index in [0.29, 0.717) is 0 Å². The van der Waals surface area contributed by atoms with Crippen LogP contribution in [0.15, 0.2) is 30.3 Å². The molecule has 1 atom stereocenters. The molecule has 1 aliphatic heterocycles. The number of hydrogen-bond acceptors (Lipinski definition) is 4. The second-order valence-corrected chi connectivity index (χ2v) is 6.24. The van der Waals surface area contributed by atoms with Crippen LogP contribution in [0.5, 0.6) is 0 Å². The van der Waals surface area contributed by atoms with Crippen molar-refractivity contribution < 1.29 is 0 Å². The fraction of sp³-hybridized carbons (Fsp3) is 0.667. The van der Waals surface area contributed by atoms with Crippen LogP contribution >= 0.6 is 0 Å². The zero-order valence-corrected chi connectivity index (χ0v) is 14.7. The normalized spacial score (nSPS) is 22.8. The van der Waals surface area contributed by atoms with Crippen molar-refractivity contribution in [2.24, 2.45) is 0 Å². The maximum absolute atomic E-state index is 3.85. The standard InChI is InChI=1S/C18H32N4/c1-5-21(6-2)22-16-10-14-18(22,20(3)4)19-15-13-17-11-8-7-9-12-17/h7-9,11-12,19H,5-6,10,13-16H2,1-4H3. The summed E-state index contributed by atoms with van der Waals surface area (Å²) in [4.78, 5) is 2.35. The number of nitrogens with zero attached hydrogens (tertiary/aromatic N) is 3. The molecule has 0 aliphatic carbocycles. The number of hydrogen-bond donors (Lipinski definition) is 1. The van der Waals surface area contributed by atoms with E-state index in [-0.39, 0.29) is 5.79 Å². The molecule has 4 nitrogen and oxygen atoms in total. The van der Waals surface area contributed by atoms with Gasteiger partial charge in [0.2, 0.25) is 0 Å². The van der Waals surface area contributed by atoms with Gasteiger partial charge in [0.25, 0.3) is 0 Å². The third kappa shape index (κ3) is 3.69. The fourth-order valence-corrected chi connectivity index (χ4v) is 3.57. The lowest BCUT2D eigenvalue weighted by molar-refractivity contribution is -0.153. The highest BCUT2D eigenvalue weighted by atomic mass is 15.7. The molecule has 0 saturated carbocycles. The Morgan fingerprint density at radius 1 is 1.14 bits per heavy atom. The first-order valence-corrected chi connectivity index (χ1v) is 8.63. The lowest BCUT2D eigenvalue weighted by atomic mass is 10.1. The average molecular weight is 304 g/mol. The van der Waals surface area contributed by atoms with Crippen molar-refractivity contribution >= 4 is 0 Å². The zero-order valence-electron chi connectivity index (χ0n) is 14.7. The van der Waals surface area contributed by atoms with E-state index in [4.69, 9.17) is 0 Å². The van der Waals surface area contributed by atoms with Crippen molar-refractivity contribution in [1.29, 1.82) is 0 Å². The Bertz CT molecular complexity index is 430. The second-order valence-electron chi connectivity index (χ2n) is 6.24. The summed E-state index contributed by atoms with van der Waals surface area (Å²) >= 11 is 0. The third-order valence-corrected chi connectivity index (χ3v) is 4.80. The Morgan fingerprint density at radius 3 is 2.41 bits per heavy atom. The Kier molecular flexibility index (Phi) is 6.38. The second kappa shape index (κ2) is 8.06. The predicted octanol–water partition coefficient (Wildman–Crippen LogP) is 2.39. The molecule has 1 unspecified atom stereocenters. The van der Waals surface area contributed by atoms with E-state index in [1.807, 2.05) is 0 Å².